The summed E-state index contributed by atoms with van der Waals surface area (Å²) in [6, 6.07) is 0. The van der Waals surface area contributed by atoms with E-state index in [1.165, 1.54) is 0 Å². The SMILES string of the molecule is CC[C@@H](C(=O)C(C)(C)[C@@H]1CCOC(C)(C)O1)C(OC1CCCCO1)[C@@H](C)CCCC(C)O. The predicted molar refractivity (Wildman–Crippen MR) is 125 cm³/mol. The van der Waals surface area contributed by atoms with Crippen LogP contribution in [0, 0.1) is 17.3 Å². The van der Waals surface area contributed by atoms with Gasteiger partial charge in [-0.15, -0.1) is 0 Å². The van der Waals surface area contributed by atoms with Gasteiger partial charge in [-0.05, 0) is 71.6 Å². The van der Waals surface area contributed by atoms with Crippen molar-refractivity contribution in [2.75, 3.05) is 13.2 Å². The predicted octanol–water partition coefficient (Wildman–Crippen LogP) is 5.25. The minimum absolute atomic E-state index is 0.190. The first-order valence-electron chi connectivity index (χ1n) is 12.8. The molecule has 0 spiro atoms. The number of carbonyl (C=O) groups excluding carboxylic acids is 1. The van der Waals surface area contributed by atoms with Crippen LogP contribution in [0.3, 0.4) is 0 Å². The third-order valence-electron chi connectivity index (χ3n) is 7.16. The van der Waals surface area contributed by atoms with E-state index in [0.29, 0.717) is 19.4 Å². The molecule has 0 aromatic carbocycles. The Morgan fingerprint density at radius 1 is 1.16 bits per heavy atom. The molecule has 1 N–H and O–H groups in total. The summed E-state index contributed by atoms with van der Waals surface area (Å²) in [4.78, 5) is 14.0. The average Bonchev–Trinajstić information content (AvgIpc) is 2.73. The summed E-state index contributed by atoms with van der Waals surface area (Å²) in [5, 5.41) is 9.67. The van der Waals surface area contributed by atoms with E-state index in [0.717, 1.165) is 45.1 Å². The molecule has 0 amide bonds. The summed E-state index contributed by atoms with van der Waals surface area (Å²) >= 11 is 0. The zero-order valence-corrected chi connectivity index (χ0v) is 21.5. The Kier molecular flexibility index (Phi) is 10.6. The Morgan fingerprint density at radius 2 is 1.88 bits per heavy atom. The smallest absolute Gasteiger partial charge is 0.163 e. The minimum atomic E-state index is -0.678. The lowest BCUT2D eigenvalue weighted by molar-refractivity contribution is -0.289. The van der Waals surface area contributed by atoms with Gasteiger partial charge in [0.25, 0.3) is 0 Å². The molecule has 0 saturated carbocycles. The number of aliphatic hydroxyl groups excluding tert-OH is 1. The molecule has 2 aliphatic rings. The van der Waals surface area contributed by atoms with Crippen LogP contribution in [-0.4, -0.2) is 54.5 Å². The largest absolute Gasteiger partial charge is 0.393 e. The molecule has 6 atom stereocenters. The van der Waals surface area contributed by atoms with Crippen molar-refractivity contribution in [3.05, 3.63) is 0 Å². The number of Topliss-reactive ketones (excluding diaryl/α,β-unsaturated/α-hetero) is 1. The van der Waals surface area contributed by atoms with Crippen LogP contribution in [0.25, 0.3) is 0 Å². The second-order valence-corrected chi connectivity index (χ2v) is 10.9. The molecular weight excluding hydrogens is 408 g/mol. The lowest BCUT2D eigenvalue weighted by atomic mass is 9.71. The number of aliphatic hydroxyl groups is 1. The topological polar surface area (TPSA) is 74.2 Å². The van der Waals surface area contributed by atoms with Crippen LogP contribution >= 0.6 is 0 Å². The van der Waals surface area contributed by atoms with Gasteiger partial charge < -0.3 is 24.1 Å². The molecule has 0 aromatic rings. The minimum Gasteiger partial charge on any atom is -0.393 e. The highest BCUT2D eigenvalue weighted by Crippen LogP contribution is 2.39. The number of ether oxygens (including phenoxy) is 4. The van der Waals surface area contributed by atoms with Crippen molar-refractivity contribution in [1.82, 2.24) is 0 Å². The number of rotatable bonds is 12. The molecule has 0 bridgehead atoms. The van der Waals surface area contributed by atoms with Gasteiger partial charge in [-0.1, -0.05) is 34.1 Å². The molecule has 2 heterocycles. The standard InChI is InChI=1S/C26H48O6/c1-8-20(24(28)25(4,5)21-15-17-30-26(6,7)32-21)23(18(2)12-11-13-19(3)27)31-22-14-9-10-16-29-22/h18-23,27H,8-17H2,1-7H3/t18-,19?,20+,21-,22?,23?/m0/s1. The lowest BCUT2D eigenvalue weighted by Crippen LogP contribution is -2.52. The Hall–Kier alpha value is -0.530. The van der Waals surface area contributed by atoms with Crippen molar-refractivity contribution >= 4 is 5.78 Å². The first-order valence-corrected chi connectivity index (χ1v) is 12.8. The maximum atomic E-state index is 14.0. The van der Waals surface area contributed by atoms with Crippen molar-refractivity contribution < 1.29 is 28.8 Å². The first-order chi connectivity index (χ1) is 15.0. The second kappa shape index (κ2) is 12.3. The fraction of sp³-hybridized carbons (Fsp3) is 0.962. The van der Waals surface area contributed by atoms with E-state index in [1.807, 2.05) is 34.6 Å². The summed E-state index contributed by atoms with van der Waals surface area (Å²) in [7, 11) is 0. The summed E-state index contributed by atoms with van der Waals surface area (Å²) < 4.78 is 24.3. The van der Waals surface area contributed by atoms with Crippen LogP contribution in [0.1, 0.15) is 99.8 Å². The van der Waals surface area contributed by atoms with Gasteiger partial charge in [0.15, 0.2) is 12.1 Å². The second-order valence-electron chi connectivity index (χ2n) is 10.9. The first kappa shape index (κ1) is 27.7. The number of hydrogen-bond acceptors (Lipinski definition) is 6. The van der Waals surface area contributed by atoms with Crippen LogP contribution in [0.5, 0.6) is 0 Å². The molecule has 6 heteroatoms. The molecular formula is C26H48O6. The van der Waals surface area contributed by atoms with E-state index in [1.54, 1.807) is 0 Å². The molecule has 6 nitrogen and oxygen atoms in total. The Labute approximate surface area is 195 Å². The van der Waals surface area contributed by atoms with Gasteiger partial charge in [0.1, 0.15) is 5.78 Å². The summed E-state index contributed by atoms with van der Waals surface area (Å²) in [5.41, 5.74) is -0.643. The molecule has 0 aliphatic carbocycles. The molecule has 0 radical (unpaired) electrons. The molecule has 2 rings (SSSR count). The van der Waals surface area contributed by atoms with E-state index >= 15 is 0 Å². The van der Waals surface area contributed by atoms with Crippen molar-refractivity contribution in [1.29, 1.82) is 0 Å². The van der Waals surface area contributed by atoms with E-state index < -0.39 is 11.2 Å². The van der Waals surface area contributed by atoms with E-state index in [2.05, 4.69) is 13.8 Å². The molecule has 2 saturated heterocycles. The van der Waals surface area contributed by atoms with E-state index in [-0.39, 0.29) is 42.2 Å². The molecule has 188 valence electrons. The normalized spacial score (nSPS) is 28.0. The van der Waals surface area contributed by atoms with Gasteiger partial charge in [-0.3, -0.25) is 4.79 Å². The van der Waals surface area contributed by atoms with Gasteiger partial charge in [0.05, 0.1) is 30.3 Å². The van der Waals surface area contributed by atoms with Gasteiger partial charge >= 0.3 is 0 Å². The average molecular weight is 457 g/mol. The van der Waals surface area contributed by atoms with Gasteiger partial charge in [0.2, 0.25) is 0 Å². The molecule has 32 heavy (non-hydrogen) atoms. The van der Waals surface area contributed by atoms with Crippen molar-refractivity contribution in [2.24, 2.45) is 17.3 Å². The van der Waals surface area contributed by atoms with Gasteiger partial charge in [-0.25, -0.2) is 0 Å². The van der Waals surface area contributed by atoms with Crippen LogP contribution < -0.4 is 0 Å². The third-order valence-corrected chi connectivity index (χ3v) is 7.16. The Morgan fingerprint density at radius 3 is 2.44 bits per heavy atom. The summed E-state index contributed by atoms with van der Waals surface area (Å²) in [6.07, 6.45) is 6.09. The van der Waals surface area contributed by atoms with Crippen molar-refractivity contribution in [3.8, 4) is 0 Å². The monoisotopic (exact) mass is 456 g/mol. The quantitative estimate of drug-likeness (QED) is 0.432. The highest BCUT2D eigenvalue weighted by atomic mass is 16.7. The lowest BCUT2D eigenvalue weighted by Gasteiger charge is -2.45. The molecule has 0 aromatic heterocycles. The zero-order valence-electron chi connectivity index (χ0n) is 21.5. The van der Waals surface area contributed by atoms with Crippen LogP contribution in [0.2, 0.25) is 0 Å². The Bertz CT molecular complexity index is 567. The summed E-state index contributed by atoms with van der Waals surface area (Å²) in [6.45, 7) is 15.2. The fourth-order valence-electron chi connectivity index (χ4n) is 5.08. The van der Waals surface area contributed by atoms with Crippen molar-refractivity contribution in [3.63, 3.8) is 0 Å². The molecule has 2 fully saturated rings. The Balaban J connectivity index is 2.19. The highest BCUT2D eigenvalue weighted by Gasteiger charge is 2.47. The molecule has 2 aliphatic heterocycles. The number of hydrogen-bond donors (Lipinski definition) is 1. The van der Waals surface area contributed by atoms with E-state index in [4.69, 9.17) is 18.9 Å². The number of ketones is 1. The maximum absolute atomic E-state index is 14.0. The van der Waals surface area contributed by atoms with Gasteiger partial charge in [0, 0.05) is 12.5 Å². The fourth-order valence-corrected chi connectivity index (χ4v) is 5.08. The highest BCUT2D eigenvalue weighted by molar-refractivity contribution is 5.87. The van der Waals surface area contributed by atoms with E-state index in [9.17, 15) is 9.90 Å². The molecule has 3 unspecified atom stereocenters. The zero-order chi connectivity index (χ0) is 23.9. The van der Waals surface area contributed by atoms with Crippen molar-refractivity contribution in [2.45, 2.75) is 130 Å². The van der Waals surface area contributed by atoms with Gasteiger partial charge in [-0.2, -0.15) is 0 Å². The van der Waals surface area contributed by atoms with Crippen LogP contribution in [0.15, 0.2) is 0 Å². The number of carbonyl (C=O) groups is 1. The maximum Gasteiger partial charge on any atom is 0.163 e. The third kappa shape index (κ3) is 7.76. The van der Waals surface area contributed by atoms with Crippen LogP contribution in [-0.2, 0) is 23.7 Å². The summed E-state index contributed by atoms with van der Waals surface area (Å²) in [5.74, 6) is -0.518. The van der Waals surface area contributed by atoms with Crippen LogP contribution in [0.4, 0.5) is 0 Å².